The molecule has 1 aromatic carbocycles. The summed E-state index contributed by atoms with van der Waals surface area (Å²) in [7, 11) is -2.19. The van der Waals surface area contributed by atoms with E-state index >= 15 is 0 Å². The quantitative estimate of drug-likeness (QED) is 0.183. The number of sulfone groups is 1. The van der Waals surface area contributed by atoms with Crippen LogP contribution in [0.2, 0.25) is 0 Å². The molecule has 1 heterocycles. The van der Waals surface area contributed by atoms with Crippen LogP contribution in [0.15, 0.2) is 54.9 Å². The van der Waals surface area contributed by atoms with Crippen LogP contribution in [-0.2, 0) is 30.7 Å². The largest absolute Gasteiger partial charge is 0.390 e. The van der Waals surface area contributed by atoms with Crippen LogP contribution in [0.25, 0.3) is 0 Å². The van der Waals surface area contributed by atoms with Crippen LogP contribution in [0.4, 0.5) is 0 Å². The van der Waals surface area contributed by atoms with Gasteiger partial charge < -0.3 is 25.4 Å². The minimum Gasteiger partial charge on any atom is -0.390 e. The lowest BCUT2D eigenvalue weighted by atomic mass is 10.1. The van der Waals surface area contributed by atoms with Crippen LogP contribution in [0.1, 0.15) is 49.5 Å². The number of hydrogen-bond donors (Lipinski definition) is 3. The van der Waals surface area contributed by atoms with Crippen molar-refractivity contribution in [3.05, 3.63) is 66.0 Å². The van der Waals surface area contributed by atoms with Gasteiger partial charge in [0.2, 0.25) is 11.8 Å². The molecule has 0 bridgehead atoms. The van der Waals surface area contributed by atoms with Crippen molar-refractivity contribution in [2.75, 3.05) is 44.1 Å². The maximum atomic E-state index is 14.2. The van der Waals surface area contributed by atoms with Gasteiger partial charge in [0.25, 0.3) is 5.91 Å². The van der Waals surface area contributed by atoms with Crippen molar-refractivity contribution in [3.8, 4) is 0 Å². The molecule has 0 saturated carbocycles. The Kier molecular flexibility index (Phi) is 16.4. The van der Waals surface area contributed by atoms with Crippen molar-refractivity contribution in [2.45, 2.75) is 57.6 Å². The molecule has 244 valence electrons. The minimum atomic E-state index is -3.73. The molecule has 0 aliphatic rings. The predicted octanol–water partition coefficient (Wildman–Crippen LogP) is 2.31. The van der Waals surface area contributed by atoms with Crippen molar-refractivity contribution < 1.29 is 32.6 Å². The number of nitrogens with one attached hydrogen (secondary N) is 2. The molecule has 1 aromatic heterocycles. The molecular formula is C31H46N4O7S2. The second kappa shape index (κ2) is 19.4. The summed E-state index contributed by atoms with van der Waals surface area (Å²) >= 11 is 1.21. The highest BCUT2D eigenvalue weighted by Crippen LogP contribution is 2.19. The Morgan fingerprint density at radius 3 is 2.45 bits per heavy atom. The number of methoxy groups -OCH3 is 1. The fourth-order valence-corrected chi connectivity index (χ4v) is 6.91. The minimum absolute atomic E-state index is 0.0219. The number of hydrogen-bond acceptors (Lipinski definition) is 9. The van der Waals surface area contributed by atoms with Gasteiger partial charge >= 0.3 is 0 Å². The first kappa shape index (κ1) is 37.2. The molecule has 0 aliphatic heterocycles. The number of ether oxygens (including phenoxy) is 1. The molecule has 0 saturated heterocycles. The molecular weight excluding hydrogens is 604 g/mol. The summed E-state index contributed by atoms with van der Waals surface area (Å²) in [5, 5.41) is 15.9. The number of aliphatic hydroxyl groups is 1. The van der Waals surface area contributed by atoms with Crippen molar-refractivity contribution in [3.63, 3.8) is 0 Å². The summed E-state index contributed by atoms with van der Waals surface area (Å²) in [6, 6.07) is 10.7. The number of aromatic nitrogens is 1. The third-order valence-corrected chi connectivity index (χ3v) is 9.61. The fraction of sp³-hybridized carbons (Fsp3) is 0.548. The van der Waals surface area contributed by atoms with E-state index in [1.807, 2.05) is 26.8 Å². The lowest BCUT2D eigenvalue weighted by molar-refractivity contribution is -0.135. The number of amides is 3. The van der Waals surface area contributed by atoms with Gasteiger partial charge in [-0.3, -0.25) is 19.4 Å². The number of carbonyl (C=O) groups excluding carboxylic acids is 3. The Hall–Kier alpha value is -3.00. The first-order chi connectivity index (χ1) is 21.0. The van der Waals surface area contributed by atoms with E-state index in [4.69, 9.17) is 4.74 Å². The van der Waals surface area contributed by atoms with Crippen molar-refractivity contribution in [1.82, 2.24) is 20.5 Å². The van der Waals surface area contributed by atoms with E-state index < -0.39 is 44.8 Å². The molecule has 0 fully saturated rings. The molecule has 3 N–H and O–H groups in total. The van der Waals surface area contributed by atoms with Gasteiger partial charge in [-0.2, -0.15) is 0 Å². The van der Waals surface area contributed by atoms with Crippen molar-refractivity contribution >= 4 is 39.3 Å². The monoisotopic (exact) mass is 650 g/mol. The van der Waals surface area contributed by atoms with E-state index in [-0.39, 0.29) is 36.2 Å². The summed E-state index contributed by atoms with van der Waals surface area (Å²) in [5.74, 6) is -1.83. The zero-order valence-electron chi connectivity index (χ0n) is 26.0. The van der Waals surface area contributed by atoms with Gasteiger partial charge in [-0.05, 0) is 30.0 Å². The SMILES string of the molecule is CCCCS(=O)(=O)CC(NC(=O)c1cccnc1)C(=O)N(Cc1ccccc1)CC(O)C(SCCOC)C(=O)NCC(C)C. The van der Waals surface area contributed by atoms with Gasteiger partial charge in [0.1, 0.15) is 11.3 Å². The zero-order valence-corrected chi connectivity index (χ0v) is 27.6. The summed E-state index contributed by atoms with van der Waals surface area (Å²) in [5.41, 5.74) is 0.898. The van der Waals surface area contributed by atoms with Crippen LogP contribution < -0.4 is 10.6 Å². The Morgan fingerprint density at radius 2 is 1.84 bits per heavy atom. The van der Waals surface area contributed by atoms with Crippen LogP contribution >= 0.6 is 11.8 Å². The van der Waals surface area contributed by atoms with E-state index in [0.717, 1.165) is 5.56 Å². The Labute approximate surface area is 265 Å². The third kappa shape index (κ3) is 13.3. The average molecular weight is 651 g/mol. The van der Waals surface area contributed by atoms with E-state index in [2.05, 4.69) is 15.6 Å². The smallest absolute Gasteiger partial charge is 0.253 e. The van der Waals surface area contributed by atoms with Crippen molar-refractivity contribution in [2.24, 2.45) is 5.92 Å². The average Bonchev–Trinajstić information content (AvgIpc) is 3.00. The Bertz CT molecular complexity index is 1260. The standard InChI is InChI=1S/C31H46N4O7S2/c1-5-6-17-44(40,41)22-26(34-29(37)25-13-10-14-32-19-25)31(39)35(20-24-11-8-7-9-12-24)21-27(36)28(43-16-15-42-4)30(38)33-18-23(2)3/h7-14,19,23,26-28,36H,5-6,15-18,20-22H2,1-4H3,(H,33,38)(H,34,37). The summed E-state index contributed by atoms with van der Waals surface area (Å²) < 4.78 is 31.2. The van der Waals surface area contributed by atoms with E-state index in [1.54, 1.807) is 37.4 Å². The molecule has 0 radical (unpaired) electrons. The number of pyridine rings is 1. The van der Waals surface area contributed by atoms with Gasteiger partial charge in [-0.1, -0.05) is 57.5 Å². The van der Waals surface area contributed by atoms with E-state index in [0.29, 0.717) is 31.7 Å². The van der Waals surface area contributed by atoms with Gasteiger partial charge in [0.05, 0.1) is 29.8 Å². The van der Waals surface area contributed by atoms with Crippen LogP contribution in [-0.4, -0.2) is 103 Å². The number of carbonyl (C=O) groups is 3. The highest BCUT2D eigenvalue weighted by Gasteiger charge is 2.35. The van der Waals surface area contributed by atoms with Gasteiger partial charge in [-0.25, -0.2) is 8.42 Å². The Balaban J connectivity index is 2.43. The van der Waals surface area contributed by atoms with Crippen molar-refractivity contribution in [1.29, 1.82) is 0 Å². The zero-order chi connectivity index (χ0) is 32.5. The molecule has 0 spiro atoms. The van der Waals surface area contributed by atoms with Gasteiger partial charge in [-0.15, -0.1) is 11.8 Å². The van der Waals surface area contributed by atoms with Gasteiger partial charge in [0, 0.05) is 44.9 Å². The second-order valence-corrected chi connectivity index (χ2v) is 14.4. The number of unbranched alkanes of at least 4 members (excludes halogenated alkanes) is 1. The third-order valence-electron chi connectivity index (χ3n) is 6.57. The molecule has 2 rings (SSSR count). The second-order valence-electron chi connectivity index (χ2n) is 10.9. The molecule has 44 heavy (non-hydrogen) atoms. The van der Waals surface area contributed by atoms with Crippen LogP contribution in [0.3, 0.4) is 0 Å². The summed E-state index contributed by atoms with van der Waals surface area (Å²) in [6.45, 7) is 6.30. The summed E-state index contributed by atoms with van der Waals surface area (Å²) in [6.07, 6.45) is 2.58. The van der Waals surface area contributed by atoms with Gasteiger partial charge in [0.15, 0.2) is 9.84 Å². The molecule has 3 atom stereocenters. The molecule has 0 aliphatic carbocycles. The molecule has 3 unspecified atom stereocenters. The number of benzene rings is 1. The topological polar surface area (TPSA) is 155 Å². The molecule has 11 nitrogen and oxygen atoms in total. The lowest BCUT2D eigenvalue weighted by Gasteiger charge is -2.32. The predicted molar refractivity (Wildman–Crippen MR) is 173 cm³/mol. The number of nitrogens with zero attached hydrogens (tertiary/aromatic N) is 2. The molecule has 2 aromatic rings. The fourth-order valence-electron chi connectivity index (χ4n) is 4.22. The maximum Gasteiger partial charge on any atom is 0.253 e. The van der Waals surface area contributed by atoms with Crippen LogP contribution in [0.5, 0.6) is 0 Å². The maximum absolute atomic E-state index is 14.2. The van der Waals surface area contributed by atoms with E-state index in [9.17, 15) is 27.9 Å². The Morgan fingerprint density at radius 1 is 1.11 bits per heavy atom. The molecule has 13 heteroatoms. The number of aliphatic hydroxyl groups excluding tert-OH is 1. The van der Waals surface area contributed by atoms with Crippen LogP contribution in [0, 0.1) is 5.92 Å². The number of rotatable bonds is 20. The number of thioether (sulfide) groups is 1. The highest BCUT2D eigenvalue weighted by atomic mass is 32.2. The highest BCUT2D eigenvalue weighted by molar-refractivity contribution is 8.00. The first-order valence-corrected chi connectivity index (χ1v) is 17.6. The normalized spacial score (nSPS) is 13.6. The summed E-state index contributed by atoms with van der Waals surface area (Å²) in [4.78, 5) is 45.6. The lowest BCUT2D eigenvalue weighted by Crippen LogP contribution is -2.54. The van der Waals surface area contributed by atoms with E-state index in [1.165, 1.54) is 35.1 Å². The first-order valence-electron chi connectivity index (χ1n) is 14.8. The molecule has 3 amide bonds.